The molecule has 0 aromatic heterocycles. The fraction of sp³-hybridized carbons (Fsp3) is 0.638. The monoisotopic (exact) mass is 2030 g/mol. The highest BCUT2D eigenvalue weighted by molar-refractivity contribution is 8.00. The van der Waals surface area contributed by atoms with E-state index in [1.165, 1.54) is 135 Å². The molecule has 0 aliphatic carbocycles. The maximum atomic E-state index is 12.3. The molecule has 1 saturated heterocycles. The molecule has 2 aliphatic heterocycles. The quantitative estimate of drug-likeness (QED) is 0.0212. The topological polar surface area (TPSA) is 182 Å². The van der Waals surface area contributed by atoms with E-state index in [1.807, 2.05) is 59.4 Å². The van der Waals surface area contributed by atoms with E-state index in [9.17, 15) is 24.6 Å². The summed E-state index contributed by atoms with van der Waals surface area (Å²) in [5.41, 5.74) is 28.7. The molecule has 14 heteroatoms. The van der Waals surface area contributed by atoms with Gasteiger partial charge in [-0.3, -0.25) is 14.4 Å². The molecule has 2 aliphatic rings. The van der Waals surface area contributed by atoms with Crippen molar-refractivity contribution in [2.45, 2.75) is 526 Å². The molecule has 2 aromatic rings. The molecule has 0 amide bonds. The van der Waals surface area contributed by atoms with Crippen LogP contribution in [0.5, 0.6) is 23.0 Å². The number of phenols is 2. The van der Waals surface area contributed by atoms with Gasteiger partial charge in [0.15, 0.2) is 0 Å². The predicted molar refractivity (Wildman–Crippen MR) is 630 cm³/mol. The van der Waals surface area contributed by atoms with Crippen LogP contribution in [0.4, 0.5) is 0 Å². The van der Waals surface area contributed by atoms with E-state index in [0.29, 0.717) is 35.2 Å². The predicted octanol–water partition coefficient (Wildman–Crippen LogP) is 38.4. The van der Waals surface area contributed by atoms with Crippen LogP contribution in [0.2, 0.25) is 0 Å². The van der Waals surface area contributed by atoms with Crippen LogP contribution < -0.4 is 9.47 Å². The van der Waals surface area contributed by atoms with Crippen LogP contribution in [0, 0.1) is 41.5 Å². The van der Waals surface area contributed by atoms with E-state index in [-0.39, 0.29) is 64.3 Å². The SMILES string of the molecule is CC(=O)O[C@](C)(CC/C=C(\C)CC/C=C(\C)CCC=C(C)C)CCSC(C)C.CC(=O)Oc1c(C)c(C)c(O)c(C(C[C@@](C)(CC/C=C(\C)CC/C=C(\C)CCC=C(C)C)OC(C)=O)SC(C)C)c1C.CC(C)=CCC/C(C)=C/CC/C(C)=C/CC/C(C)=C/CO.CC(C)=CCC/C(C)=C/CC/C(C)=C/CC[C@@]1(C)O[C@H]1CO.CC(C)=CCC/C(C)=C/CC/C(C)=C/CC[C@]1(C)CCc2c(C)c(O)c(C)c(C)c2O1. The zero-order valence-electron chi connectivity index (χ0n) is 99.1. The largest absolute Gasteiger partial charge is 0.507 e. The summed E-state index contributed by atoms with van der Waals surface area (Å²) in [4.78, 5) is 35.7. The highest BCUT2D eigenvalue weighted by Gasteiger charge is 2.51. The number of thioether (sulfide) groups is 2. The normalized spacial score (nSPS) is 17.0. The summed E-state index contributed by atoms with van der Waals surface area (Å²) in [6.45, 7) is 79.2. The van der Waals surface area contributed by atoms with Crippen LogP contribution >= 0.6 is 23.5 Å². The van der Waals surface area contributed by atoms with Gasteiger partial charge in [-0.15, -0.1) is 0 Å². The van der Waals surface area contributed by atoms with Gasteiger partial charge in [-0.05, 0) is 471 Å². The first-order valence-corrected chi connectivity index (χ1v) is 56.8. The van der Waals surface area contributed by atoms with Gasteiger partial charge >= 0.3 is 17.9 Å². The molecule has 4 N–H and O–H groups in total. The van der Waals surface area contributed by atoms with Crippen molar-refractivity contribution in [1.29, 1.82) is 0 Å². The summed E-state index contributed by atoms with van der Waals surface area (Å²) in [6.07, 6.45) is 72.6. The first kappa shape index (κ1) is 137. The number of aliphatic hydroxyl groups excluding tert-OH is 2. The van der Waals surface area contributed by atoms with Crippen LogP contribution in [0.15, 0.2) is 186 Å². The summed E-state index contributed by atoms with van der Waals surface area (Å²) in [5, 5.41) is 40.3. The van der Waals surface area contributed by atoms with Gasteiger partial charge in [0.05, 0.1) is 18.8 Å². The molecule has 2 aromatic carbocycles. The van der Waals surface area contributed by atoms with Crippen LogP contribution in [0.1, 0.15) is 483 Å². The first-order valence-electron chi connectivity index (χ1n) is 54.8. The summed E-state index contributed by atoms with van der Waals surface area (Å²) in [6, 6.07) is 0. The fourth-order valence-electron chi connectivity index (χ4n) is 17.6. The van der Waals surface area contributed by atoms with Crippen molar-refractivity contribution in [1.82, 2.24) is 0 Å². The number of hydrogen-bond donors (Lipinski definition) is 4. The second-order valence-corrected chi connectivity index (χ2v) is 48.1. The number of aliphatic hydroxyl groups is 2. The lowest BCUT2D eigenvalue weighted by atomic mass is 9.85. The number of aromatic hydroxyl groups is 2. The van der Waals surface area contributed by atoms with Gasteiger partial charge in [0.25, 0.3) is 0 Å². The van der Waals surface area contributed by atoms with Crippen molar-refractivity contribution in [3.63, 3.8) is 0 Å². The van der Waals surface area contributed by atoms with E-state index >= 15 is 0 Å². The smallest absolute Gasteiger partial charge is 0.308 e. The third-order valence-electron chi connectivity index (χ3n) is 27.3. The maximum absolute atomic E-state index is 12.3. The highest BCUT2D eigenvalue weighted by atomic mass is 32.2. The Morgan fingerprint density at radius 2 is 0.701 bits per heavy atom. The van der Waals surface area contributed by atoms with Gasteiger partial charge in [0.1, 0.15) is 45.9 Å². The van der Waals surface area contributed by atoms with Gasteiger partial charge in [-0.25, -0.2) is 0 Å². The summed E-state index contributed by atoms with van der Waals surface area (Å²) in [7, 11) is 0. The van der Waals surface area contributed by atoms with Crippen molar-refractivity contribution in [2.24, 2.45) is 0 Å². The standard InChI is InChI=1S/C36H56O5S.C29H44O2.C25H44O2S.C20H34O2.C20H34O/c1-23(2)16-13-17-25(5)18-14-19-26(6)20-15-21-36(12,41-31(11)38)22-32(42-24(3)4)33-29(9)35(40-30(10)37)28(8)27(7)34(33)39;1-20(2)12-9-13-21(3)14-10-15-22(4)16-11-18-29(8)19-17-26-25(7)27(30)23(5)24(6)28(26)31-29;1-20(2)12-9-13-22(5)14-10-15-23(6)16-11-17-25(8,27-24(7)26)18-19-28-21(3)4;1-16(2)9-6-10-17(3)11-7-12-18(4)13-8-14-20(5)19(15-21)22-20;1-17(2)9-6-10-18(3)11-7-12-19(4)13-8-14-20(5)15-16-21/h16,18,20,24,32,39H,13-15,17,19,21-22H2,1-12H3;12,14,16,30H,9-11,13,15,17-19H2,1-8H3;12,14,16,21H,9-11,13,15,17-19H2,1-8H3;9,11,13,19,21H,6-8,10,12,14-15H2,1-5H3;9,11,13,15,21H,6-8,10,12,14,16H2,1-5H3/b25-18+,26-20+;21-14+,22-16+;22-14+,23-16+;17-11+,18-13+;18-11+,19-13+,20-15+/t32?,36-;29-;25-;19-,20+;/m1110./s1. The summed E-state index contributed by atoms with van der Waals surface area (Å²) in [5.74, 6) is 2.29. The minimum Gasteiger partial charge on any atom is -0.507 e. The van der Waals surface area contributed by atoms with Crippen molar-refractivity contribution in [3.05, 3.63) is 231 Å². The minimum absolute atomic E-state index is 0.0626. The minimum atomic E-state index is -0.740. The number of carbonyl (C=O) groups is 3. The molecular weight excluding hydrogens is 1820 g/mol. The third kappa shape index (κ3) is 64.2. The zero-order valence-corrected chi connectivity index (χ0v) is 101. The Hall–Kier alpha value is -7.33. The van der Waals surface area contributed by atoms with Crippen molar-refractivity contribution < 1.29 is 58.5 Å². The molecule has 0 radical (unpaired) electrons. The van der Waals surface area contributed by atoms with Gasteiger partial charge in [0, 0.05) is 49.1 Å². The average molecular weight is 2030 g/mol. The number of rotatable bonds is 59. The lowest BCUT2D eigenvalue weighted by molar-refractivity contribution is -0.157. The molecule has 816 valence electrons. The van der Waals surface area contributed by atoms with Crippen LogP contribution in [0.3, 0.4) is 0 Å². The van der Waals surface area contributed by atoms with E-state index in [1.54, 1.807) is 11.8 Å². The van der Waals surface area contributed by atoms with Gasteiger partial charge in [-0.2, -0.15) is 23.5 Å². The molecule has 4 rings (SSSR count). The number of epoxide rings is 1. The van der Waals surface area contributed by atoms with Crippen molar-refractivity contribution >= 4 is 41.4 Å². The lowest BCUT2D eigenvalue weighted by Gasteiger charge is -2.38. The molecule has 1 unspecified atom stereocenters. The first-order chi connectivity index (χ1) is 67.4. The number of allylic oxidation sites excluding steroid dienone is 31. The number of hydrogen-bond acceptors (Lipinski definition) is 14. The Kier molecular flexibility index (Phi) is 70.8. The summed E-state index contributed by atoms with van der Waals surface area (Å²) < 4.78 is 29.3. The Morgan fingerprint density at radius 1 is 0.382 bits per heavy atom. The molecule has 6 atom stereocenters. The Labute approximate surface area is 892 Å². The van der Waals surface area contributed by atoms with Crippen molar-refractivity contribution in [2.75, 3.05) is 19.0 Å². The number of ether oxygens (including phenoxy) is 5. The Balaban J connectivity index is 0.00000182. The highest BCUT2D eigenvalue weighted by Crippen LogP contribution is 2.51. The fourth-order valence-corrected chi connectivity index (χ4v) is 20.1. The maximum Gasteiger partial charge on any atom is 0.308 e. The molecule has 1 fully saturated rings. The summed E-state index contributed by atoms with van der Waals surface area (Å²) >= 11 is 3.65. The molecule has 144 heavy (non-hydrogen) atoms. The molecule has 2 heterocycles. The second-order valence-electron chi connectivity index (χ2n) is 44.6. The van der Waals surface area contributed by atoms with E-state index in [4.69, 9.17) is 33.9 Å². The molecule has 0 saturated carbocycles. The van der Waals surface area contributed by atoms with Crippen LogP contribution in [-0.4, -0.2) is 96.3 Å². The Bertz CT molecular complexity index is 4710. The van der Waals surface area contributed by atoms with Gasteiger partial charge < -0.3 is 44.1 Å². The average Bonchev–Trinajstić information content (AvgIpc) is 1.21. The van der Waals surface area contributed by atoms with Crippen LogP contribution in [-0.2, 0) is 35.0 Å². The number of fused-ring (bicyclic) bond motifs is 1. The molecular formula is C130H212O12S2. The third-order valence-corrected chi connectivity index (χ3v) is 29.6. The van der Waals surface area contributed by atoms with E-state index in [0.717, 1.165) is 231 Å². The molecule has 12 nitrogen and oxygen atoms in total. The van der Waals surface area contributed by atoms with Crippen LogP contribution in [0.25, 0.3) is 0 Å². The number of esters is 3. The van der Waals surface area contributed by atoms with Gasteiger partial charge in [0.2, 0.25) is 0 Å². The Morgan fingerprint density at radius 3 is 1.02 bits per heavy atom. The number of carbonyl (C=O) groups excluding carboxylic acids is 3. The van der Waals surface area contributed by atoms with Gasteiger partial charge in [-0.1, -0.05) is 214 Å². The number of benzene rings is 2. The molecule has 0 bridgehead atoms. The van der Waals surface area contributed by atoms with E-state index < -0.39 is 11.6 Å². The van der Waals surface area contributed by atoms with E-state index in [2.05, 4.69) is 292 Å². The zero-order chi connectivity index (χ0) is 110. The lowest BCUT2D eigenvalue weighted by Crippen LogP contribution is -2.37. The number of phenolic OH excluding ortho intramolecular Hbond substituents is 2. The van der Waals surface area contributed by atoms with Crippen molar-refractivity contribution in [3.8, 4) is 23.0 Å². The molecule has 0 spiro atoms. The second kappa shape index (κ2) is 74.6.